The maximum Gasteiger partial charge on any atom is 0.335 e. The Morgan fingerprint density at radius 2 is 1.58 bits per heavy atom. The Labute approximate surface area is 188 Å². The Morgan fingerprint density at radius 3 is 2.29 bits per heavy atom. The van der Waals surface area contributed by atoms with E-state index in [0.717, 1.165) is 10.9 Å². The van der Waals surface area contributed by atoms with Crippen LogP contribution in [0.3, 0.4) is 0 Å². The van der Waals surface area contributed by atoms with Crippen LogP contribution < -0.4 is 4.72 Å². The van der Waals surface area contributed by atoms with Gasteiger partial charge in [0, 0.05) is 10.4 Å². The third kappa shape index (κ3) is 4.23. The zero-order valence-electron chi connectivity index (χ0n) is 15.8. The Hall–Kier alpha value is -3.06. The van der Waals surface area contributed by atoms with Crippen LogP contribution in [-0.4, -0.2) is 19.5 Å². The molecule has 0 radical (unpaired) electrons. The third-order valence-corrected chi connectivity index (χ3v) is 6.86. The molecule has 0 fully saturated rings. The lowest BCUT2D eigenvalue weighted by Gasteiger charge is -2.15. The Kier molecular flexibility index (Phi) is 5.62. The summed E-state index contributed by atoms with van der Waals surface area (Å²) < 4.78 is 28.5. The summed E-state index contributed by atoms with van der Waals surface area (Å²) in [6.07, 6.45) is 0. The van der Waals surface area contributed by atoms with Crippen molar-refractivity contribution < 1.29 is 18.3 Å². The van der Waals surface area contributed by atoms with Crippen LogP contribution in [0.25, 0.3) is 21.9 Å². The first-order valence-corrected chi connectivity index (χ1v) is 11.3. The molecule has 0 saturated heterocycles. The van der Waals surface area contributed by atoms with Gasteiger partial charge in [-0.05, 0) is 52.9 Å². The van der Waals surface area contributed by atoms with E-state index in [1.807, 2.05) is 18.2 Å². The number of rotatable bonds is 5. The first-order valence-electron chi connectivity index (χ1n) is 9.09. The number of hydrogen-bond acceptors (Lipinski definition) is 3. The van der Waals surface area contributed by atoms with Gasteiger partial charge < -0.3 is 5.11 Å². The van der Waals surface area contributed by atoms with Crippen LogP contribution in [0.15, 0.2) is 83.8 Å². The third-order valence-electron chi connectivity index (χ3n) is 4.77. The van der Waals surface area contributed by atoms with Gasteiger partial charge in [-0.1, -0.05) is 65.7 Å². The molecule has 4 rings (SSSR count). The summed E-state index contributed by atoms with van der Waals surface area (Å²) in [5.41, 5.74) is 2.04. The molecule has 0 unspecified atom stereocenters. The molecule has 0 amide bonds. The van der Waals surface area contributed by atoms with Gasteiger partial charge in [0.2, 0.25) is 0 Å². The number of fused-ring (bicyclic) bond motifs is 1. The zero-order valence-corrected chi connectivity index (χ0v) is 18.2. The molecule has 8 heteroatoms. The summed E-state index contributed by atoms with van der Waals surface area (Å²) in [5, 5.41) is 11.1. The predicted octanol–water partition coefficient (Wildman–Crippen LogP) is 6.31. The number of carboxylic acid groups (broad SMARTS) is 1. The van der Waals surface area contributed by atoms with E-state index < -0.39 is 16.0 Å². The minimum atomic E-state index is -3.97. The Balaban J connectivity index is 1.82. The number of benzene rings is 4. The number of hydrogen-bond donors (Lipinski definition) is 2. The molecule has 0 aliphatic carbocycles. The van der Waals surface area contributed by atoms with Crippen molar-refractivity contribution in [2.75, 3.05) is 4.72 Å². The van der Waals surface area contributed by atoms with E-state index in [1.165, 1.54) is 24.3 Å². The van der Waals surface area contributed by atoms with Gasteiger partial charge >= 0.3 is 5.97 Å². The van der Waals surface area contributed by atoms with Crippen LogP contribution >= 0.6 is 23.2 Å². The highest BCUT2D eigenvalue weighted by Gasteiger charge is 2.20. The van der Waals surface area contributed by atoms with Crippen molar-refractivity contribution in [3.63, 3.8) is 0 Å². The van der Waals surface area contributed by atoms with E-state index in [1.54, 1.807) is 36.4 Å². The van der Waals surface area contributed by atoms with Gasteiger partial charge in [0.05, 0.1) is 16.3 Å². The molecular formula is C23H15Cl2NO4S. The number of aromatic carboxylic acids is 1. The lowest BCUT2D eigenvalue weighted by Crippen LogP contribution is -2.13. The first-order chi connectivity index (χ1) is 14.8. The summed E-state index contributed by atoms with van der Waals surface area (Å²) >= 11 is 12.0. The fourth-order valence-electron chi connectivity index (χ4n) is 3.35. The van der Waals surface area contributed by atoms with Crippen LogP contribution in [0.5, 0.6) is 0 Å². The monoisotopic (exact) mass is 471 g/mol. The molecule has 0 aromatic heterocycles. The number of sulfonamides is 1. The number of carbonyl (C=O) groups is 1. The van der Waals surface area contributed by atoms with Crippen molar-refractivity contribution in [1.82, 2.24) is 0 Å². The van der Waals surface area contributed by atoms with Crippen LogP contribution in [0.4, 0.5) is 5.69 Å². The minimum absolute atomic E-state index is 0.0198. The van der Waals surface area contributed by atoms with Crippen molar-refractivity contribution in [3.05, 3.63) is 94.5 Å². The molecule has 156 valence electrons. The molecule has 0 heterocycles. The fourth-order valence-corrected chi connectivity index (χ4v) is 5.21. The van der Waals surface area contributed by atoms with E-state index >= 15 is 0 Å². The normalized spacial score (nSPS) is 11.4. The second kappa shape index (κ2) is 8.23. The van der Waals surface area contributed by atoms with E-state index in [-0.39, 0.29) is 15.5 Å². The maximum absolute atomic E-state index is 12.9. The molecule has 0 saturated carbocycles. The molecule has 0 aliphatic rings. The average Bonchev–Trinajstić information content (AvgIpc) is 2.73. The van der Waals surface area contributed by atoms with Gasteiger partial charge in [-0.2, -0.15) is 0 Å². The van der Waals surface area contributed by atoms with E-state index in [0.29, 0.717) is 21.7 Å². The molecule has 5 nitrogen and oxygen atoms in total. The van der Waals surface area contributed by atoms with Crippen LogP contribution in [-0.2, 0) is 10.0 Å². The van der Waals surface area contributed by atoms with Crippen molar-refractivity contribution in [2.24, 2.45) is 0 Å². The molecule has 0 atom stereocenters. The Morgan fingerprint density at radius 1 is 0.839 bits per heavy atom. The summed E-state index contributed by atoms with van der Waals surface area (Å²) in [7, 11) is -3.97. The van der Waals surface area contributed by atoms with Gasteiger partial charge in [-0.25, -0.2) is 13.2 Å². The minimum Gasteiger partial charge on any atom is -0.478 e. The lowest BCUT2D eigenvalue weighted by molar-refractivity contribution is 0.0697. The largest absolute Gasteiger partial charge is 0.478 e. The number of nitrogens with one attached hydrogen (secondary N) is 1. The average molecular weight is 472 g/mol. The van der Waals surface area contributed by atoms with Crippen molar-refractivity contribution >= 4 is 55.7 Å². The lowest BCUT2D eigenvalue weighted by atomic mass is 9.96. The highest BCUT2D eigenvalue weighted by atomic mass is 35.5. The topological polar surface area (TPSA) is 83.5 Å². The smallest absolute Gasteiger partial charge is 0.335 e. The standard InChI is InChI=1S/C23H15Cl2NO4S/c24-16-8-11-22(20(25)13-16)31(29,30)26-21-10-9-17(18-6-1-2-7-19(18)21)14-4-3-5-15(12-14)23(27)28/h1-13,26H,(H,27,28). The van der Waals surface area contributed by atoms with Crippen molar-refractivity contribution in [1.29, 1.82) is 0 Å². The maximum atomic E-state index is 12.9. The molecule has 31 heavy (non-hydrogen) atoms. The van der Waals surface area contributed by atoms with Gasteiger partial charge in [0.1, 0.15) is 4.90 Å². The van der Waals surface area contributed by atoms with E-state index in [2.05, 4.69) is 4.72 Å². The molecule has 2 N–H and O–H groups in total. The summed E-state index contributed by atoms with van der Waals surface area (Å²) in [5.74, 6) is -1.02. The molecule has 4 aromatic carbocycles. The fraction of sp³-hybridized carbons (Fsp3) is 0. The highest BCUT2D eigenvalue weighted by molar-refractivity contribution is 7.92. The van der Waals surface area contributed by atoms with Gasteiger partial charge in [0.25, 0.3) is 10.0 Å². The molecule has 0 spiro atoms. The summed E-state index contributed by atoms with van der Waals surface area (Å²) in [4.78, 5) is 11.3. The van der Waals surface area contributed by atoms with Crippen LogP contribution in [0.2, 0.25) is 10.0 Å². The highest BCUT2D eigenvalue weighted by Crippen LogP contribution is 2.35. The van der Waals surface area contributed by atoms with Crippen molar-refractivity contribution in [3.8, 4) is 11.1 Å². The number of anilines is 1. The van der Waals surface area contributed by atoms with E-state index in [9.17, 15) is 18.3 Å². The second-order valence-electron chi connectivity index (χ2n) is 6.77. The molecule has 0 aliphatic heterocycles. The van der Waals surface area contributed by atoms with E-state index in [4.69, 9.17) is 23.2 Å². The van der Waals surface area contributed by atoms with Gasteiger partial charge in [-0.3, -0.25) is 4.72 Å². The second-order valence-corrected chi connectivity index (χ2v) is 9.27. The van der Waals surface area contributed by atoms with Crippen molar-refractivity contribution in [2.45, 2.75) is 4.90 Å². The van der Waals surface area contributed by atoms with Gasteiger partial charge in [-0.15, -0.1) is 0 Å². The molecule has 4 aromatic rings. The SMILES string of the molecule is O=C(O)c1cccc(-c2ccc(NS(=O)(=O)c3ccc(Cl)cc3Cl)c3ccccc23)c1. The van der Waals surface area contributed by atoms with Crippen LogP contribution in [0, 0.1) is 0 Å². The summed E-state index contributed by atoms with van der Waals surface area (Å²) in [6, 6.07) is 21.4. The zero-order chi connectivity index (χ0) is 22.2. The molecular weight excluding hydrogens is 457 g/mol. The quantitative estimate of drug-likeness (QED) is 0.357. The van der Waals surface area contributed by atoms with Crippen LogP contribution in [0.1, 0.15) is 10.4 Å². The summed E-state index contributed by atoms with van der Waals surface area (Å²) in [6.45, 7) is 0. The number of halogens is 2. The first kappa shape index (κ1) is 21.2. The van der Waals surface area contributed by atoms with Gasteiger partial charge in [0.15, 0.2) is 0 Å². The predicted molar refractivity (Wildman–Crippen MR) is 124 cm³/mol. The Bertz CT molecular complexity index is 1430. The number of carboxylic acids is 1. The molecule has 0 bridgehead atoms.